The van der Waals surface area contributed by atoms with Gasteiger partial charge in [-0.25, -0.2) is 0 Å². The zero-order valence-electron chi connectivity index (χ0n) is 10.2. The van der Waals surface area contributed by atoms with Gasteiger partial charge in [-0.2, -0.15) is 0 Å². The minimum absolute atomic E-state index is 0.00560. The number of halogens is 1. The molecule has 0 saturated heterocycles. The number of nitrogens with one attached hydrogen (secondary N) is 1. The van der Waals surface area contributed by atoms with Crippen LogP contribution in [0.15, 0.2) is 24.3 Å². The van der Waals surface area contributed by atoms with Gasteiger partial charge in [-0.1, -0.05) is 11.6 Å². The fourth-order valence-corrected chi connectivity index (χ4v) is 1.46. The summed E-state index contributed by atoms with van der Waals surface area (Å²) in [4.78, 5) is 12.9. The first kappa shape index (κ1) is 13.4. The number of rotatable bonds is 5. The molecule has 0 fully saturated rings. The Morgan fingerprint density at radius 2 is 2.16 bits per heavy atom. The van der Waals surface area contributed by atoms with E-state index in [1.807, 2.05) is 0 Å². The van der Waals surface area contributed by atoms with Crippen LogP contribution in [0.4, 0.5) is 0 Å². The van der Waals surface area contributed by atoms with Crippen molar-refractivity contribution in [1.29, 1.82) is 0 Å². The number of carbonyl (C=O) groups is 1. The predicted molar refractivity (Wildman–Crippen MR) is 68.4 cm³/mol. The van der Waals surface area contributed by atoms with Crippen molar-refractivity contribution in [3.05, 3.63) is 35.1 Å². The highest BCUT2D eigenvalue weighted by Gasteiger charge is 2.12. The molecule has 2 rings (SSSR count). The Balaban J connectivity index is 2.06. The molecule has 0 saturated carbocycles. The van der Waals surface area contributed by atoms with E-state index in [9.17, 15) is 4.79 Å². The number of tetrazole rings is 1. The molecule has 100 valence electrons. The third kappa shape index (κ3) is 3.49. The largest absolute Gasteiger partial charge is 0.383 e. The summed E-state index contributed by atoms with van der Waals surface area (Å²) in [7, 11) is 1.56. The number of methoxy groups -OCH3 is 1. The highest BCUT2D eigenvalue weighted by Crippen LogP contribution is 2.11. The van der Waals surface area contributed by atoms with Gasteiger partial charge in [0.15, 0.2) is 0 Å². The van der Waals surface area contributed by atoms with Crippen LogP contribution in [-0.2, 0) is 4.74 Å². The van der Waals surface area contributed by atoms with Crippen LogP contribution in [0.2, 0.25) is 5.02 Å². The summed E-state index contributed by atoms with van der Waals surface area (Å²) in [5.74, 6) is -0.386. The number of hydrogen-bond acceptors (Lipinski definition) is 5. The van der Waals surface area contributed by atoms with Crippen molar-refractivity contribution in [3.63, 3.8) is 0 Å². The summed E-state index contributed by atoms with van der Waals surface area (Å²) in [6, 6.07) is 6.88. The average Bonchev–Trinajstić information content (AvgIpc) is 2.89. The van der Waals surface area contributed by atoms with Crippen molar-refractivity contribution in [2.45, 2.75) is 0 Å². The van der Waals surface area contributed by atoms with E-state index in [-0.39, 0.29) is 5.82 Å². The molecule has 19 heavy (non-hydrogen) atoms. The zero-order valence-corrected chi connectivity index (χ0v) is 11.0. The predicted octanol–water partition coefficient (Wildman–Crippen LogP) is 0.692. The molecule has 1 amide bonds. The van der Waals surface area contributed by atoms with Crippen molar-refractivity contribution in [2.24, 2.45) is 0 Å². The Bertz CT molecular complexity index is 554. The Hall–Kier alpha value is -1.99. The highest BCUT2D eigenvalue weighted by molar-refractivity contribution is 6.30. The number of ether oxygens (including phenoxy) is 1. The summed E-state index contributed by atoms with van der Waals surface area (Å²) in [5, 5.41) is 14.7. The van der Waals surface area contributed by atoms with Gasteiger partial charge >= 0.3 is 0 Å². The average molecular weight is 282 g/mol. The van der Waals surface area contributed by atoms with Gasteiger partial charge < -0.3 is 10.1 Å². The van der Waals surface area contributed by atoms with Crippen LogP contribution in [0.3, 0.4) is 0 Å². The van der Waals surface area contributed by atoms with Crippen LogP contribution in [0, 0.1) is 0 Å². The van der Waals surface area contributed by atoms with Gasteiger partial charge in [-0.15, -0.1) is 15.0 Å². The Labute approximate surface area is 114 Å². The van der Waals surface area contributed by atoms with E-state index in [0.717, 1.165) is 0 Å². The summed E-state index contributed by atoms with van der Waals surface area (Å²) in [6.45, 7) is 0.821. The molecule has 0 unspecified atom stereocenters. The van der Waals surface area contributed by atoms with Crippen molar-refractivity contribution < 1.29 is 9.53 Å². The monoisotopic (exact) mass is 281 g/mol. The van der Waals surface area contributed by atoms with Crippen molar-refractivity contribution in [2.75, 3.05) is 20.3 Å². The lowest BCUT2D eigenvalue weighted by atomic mass is 10.3. The standard InChI is InChI=1S/C11H12ClN5O2/c1-19-7-6-13-11(18)10-14-16-17(15-10)9-4-2-8(12)3-5-9/h2-5H,6-7H2,1H3,(H,13,18). The number of amides is 1. The van der Waals surface area contributed by atoms with Crippen LogP contribution in [-0.4, -0.2) is 46.4 Å². The zero-order chi connectivity index (χ0) is 13.7. The topological polar surface area (TPSA) is 81.9 Å². The van der Waals surface area contributed by atoms with Crippen molar-refractivity contribution in [3.8, 4) is 5.69 Å². The van der Waals surface area contributed by atoms with Crippen LogP contribution < -0.4 is 5.32 Å². The first-order chi connectivity index (χ1) is 9.20. The number of hydrogen-bond donors (Lipinski definition) is 1. The first-order valence-corrected chi connectivity index (χ1v) is 5.91. The lowest BCUT2D eigenvalue weighted by Gasteiger charge is -2.00. The molecule has 2 aromatic rings. The molecule has 0 spiro atoms. The fraction of sp³-hybridized carbons (Fsp3) is 0.273. The number of benzene rings is 1. The molecule has 8 heteroatoms. The smallest absolute Gasteiger partial charge is 0.292 e. The van der Waals surface area contributed by atoms with Gasteiger partial charge in [-0.05, 0) is 29.5 Å². The molecule has 0 aliphatic rings. The molecule has 0 radical (unpaired) electrons. The number of nitrogens with zero attached hydrogens (tertiary/aromatic N) is 4. The van der Waals surface area contributed by atoms with E-state index < -0.39 is 5.91 Å². The number of aromatic nitrogens is 4. The minimum atomic E-state index is -0.391. The molecule has 0 atom stereocenters. The summed E-state index contributed by atoms with van der Waals surface area (Å²) >= 11 is 5.78. The molecule has 0 bridgehead atoms. The number of carbonyl (C=O) groups excluding carboxylic acids is 1. The molecular weight excluding hydrogens is 270 g/mol. The first-order valence-electron chi connectivity index (χ1n) is 5.54. The SMILES string of the molecule is COCCNC(=O)c1nnn(-c2ccc(Cl)cc2)n1. The van der Waals surface area contributed by atoms with Crippen molar-refractivity contribution in [1.82, 2.24) is 25.5 Å². The maximum Gasteiger partial charge on any atom is 0.292 e. The van der Waals surface area contributed by atoms with Crippen LogP contribution in [0.25, 0.3) is 5.69 Å². The van der Waals surface area contributed by atoms with Gasteiger partial charge in [-0.3, -0.25) is 4.79 Å². The Morgan fingerprint density at radius 1 is 1.42 bits per heavy atom. The van der Waals surface area contributed by atoms with Crippen molar-refractivity contribution >= 4 is 17.5 Å². The van der Waals surface area contributed by atoms with E-state index in [0.29, 0.717) is 23.9 Å². The van der Waals surface area contributed by atoms with Gasteiger partial charge in [0.2, 0.25) is 0 Å². The van der Waals surface area contributed by atoms with E-state index in [1.54, 1.807) is 31.4 Å². The van der Waals surface area contributed by atoms with E-state index in [2.05, 4.69) is 20.7 Å². The summed E-state index contributed by atoms with van der Waals surface area (Å²) < 4.78 is 4.82. The minimum Gasteiger partial charge on any atom is -0.383 e. The lowest BCUT2D eigenvalue weighted by Crippen LogP contribution is -2.28. The van der Waals surface area contributed by atoms with Crippen LogP contribution in [0.1, 0.15) is 10.6 Å². The van der Waals surface area contributed by atoms with Gasteiger partial charge in [0.05, 0.1) is 12.3 Å². The fourth-order valence-electron chi connectivity index (χ4n) is 1.33. The second-order valence-electron chi connectivity index (χ2n) is 3.63. The van der Waals surface area contributed by atoms with Gasteiger partial charge in [0.1, 0.15) is 0 Å². The van der Waals surface area contributed by atoms with Gasteiger partial charge in [0.25, 0.3) is 11.7 Å². The second-order valence-corrected chi connectivity index (χ2v) is 4.06. The molecule has 7 nitrogen and oxygen atoms in total. The summed E-state index contributed by atoms with van der Waals surface area (Å²) in [5.41, 5.74) is 0.674. The second kappa shape index (κ2) is 6.26. The third-order valence-electron chi connectivity index (χ3n) is 2.27. The van der Waals surface area contributed by atoms with E-state index in [1.165, 1.54) is 4.80 Å². The molecule has 1 aromatic carbocycles. The van der Waals surface area contributed by atoms with Gasteiger partial charge in [0, 0.05) is 18.7 Å². The molecule has 0 aliphatic carbocycles. The third-order valence-corrected chi connectivity index (χ3v) is 2.52. The van der Waals surface area contributed by atoms with Crippen LogP contribution in [0.5, 0.6) is 0 Å². The molecule has 1 heterocycles. The summed E-state index contributed by atoms with van der Waals surface area (Å²) in [6.07, 6.45) is 0. The molecule has 1 aromatic heterocycles. The Kier molecular flexibility index (Phi) is 4.43. The van der Waals surface area contributed by atoms with E-state index >= 15 is 0 Å². The Morgan fingerprint density at radius 3 is 2.84 bits per heavy atom. The molecule has 0 aliphatic heterocycles. The maximum absolute atomic E-state index is 11.7. The van der Waals surface area contributed by atoms with Crippen LogP contribution >= 0.6 is 11.6 Å². The quantitative estimate of drug-likeness (QED) is 0.816. The highest BCUT2D eigenvalue weighted by atomic mass is 35.5. The molecule has 1 N–H and O–H groups in total. The van der Waals surface area contributed by atoms with E-state index in [4.69, 9.17) is 16.3 Å². The normalized spacial score (nSPS) is 10.4. The maximum atomic E-state index is 11.7. The molecular formula is C11H12ClN5O2. The lowest BCUT2D eigenvalue weighted by molar-refractivity contribution is 0.0926.